The van der Waals surface area contributed by atoms with Gasteiger partial charge in [-0.15, -0.1) is 0 Å². The van der Waals surface area contributed by atoms with E-state index >= 15 is 0 Å². The van der Waals surface area contributed by atoms with Gasteiger partial charge in [-0.1, -0.05) is 0 Å². The Hall–Kier alpha value is -1.30. The summed E-state index contributed by atoms with van der Waals surface area (Å²) in [6.45, 7) is 1.09. The van der Waals surface area contributed by atoms with Gasteiger partial charge in [0.25, 0.3) is 0 Å². The molecule has 0 spiro atoms. The molecule has 3 atom stereocenters. The molecule has 1 aliphatic carbocycles. The quantitative estimate of drug-likeness (QED) is 0.757. The fourth-order valence-electron chi connectivity index (χ4n) is 2.90. The highest BCUT2D eigenvalue weighted by molar-refractivity contribution is 5.83. The maximum absolute atomic E-state index is 12.0. The zero-order valence-corrected chi connectivity index (χ0v) is 10.6. The smallest absolute Gasteiger partial charge is 0.326 e. The fraction of sp³-hybridized carbons (Fsp3) is 0.833. The predicted octanol–water partition coefficient (Wildman–Crippen LogP) is 0.670. The molecule has 2 fully saturated rings. The van der Waals surface area contributed by atoms with E-state index in [1.807, 2.05) is 0 Å². The van der Waals surface area contributed by atoms with E-state index in [0.29, 0.717) is 25.0 Å². The van der Waals surface area contributed by atoms with Gasteiger partial charge in [0, 0.05) is 32.7 Å². The molecule has 0 aromatic rings. The molecule has 1 saturated carbocycles. The summed E-state index contributed by atoms with van der Waals surface area (Å²) in [7, 11) is 1.51. The number of fused-ring (bicyclic) bond motifs is 2. The second kappa shape index (κ2) is 5.56. The third-order valence-electron chi connectivity index (χ3n) is 3.88. The molecule has 18 heavy (non-hydrogen) atoms. The highest BCUT2D eigenvalue weighted by Gasteiger charge is 2.40. The van der Waals surface area contributed by atoms with Crippen LogP contribution in [0.3, 0.4) is 0 Å². The molecular formula is C12H20N2O4. The summed E-state index contributed by atoms with van der Waals surface area (Å²) >= 11 is 0. The van der Waals surface area contributed by atoms with Crippen LogP contribution in [0.15, 0.2) is 0 Å². The number of carbonyl (C=O) groups excluding carboxylic acids is 1. The Morgan fingerprint density at radius 2 is 2.28 bits per heavy atom. The minimum Gasteiger partial charge on any atom is -0.480 e. The van der Waals surface area contributed by atoms with Crippen molar-refractivity contribution in [1.29, 1.82) is 0 Å². The summed E-state index contributed by atoms with van der Waals surface area (Å²) in [5.41, 5.74) is 0. The third kappa shape index (κ3) is 2.75. The summed E-state index contributed by atoms with van der Waals surface area (Å²) in [5, 5.41) is 11.6. The van der Waals surface area contributed by atoms with Crippen LogP contribution in [0.1, 0.15) is 25.7 Å². The first-order chi connectivity index (χ1) is 8.61. The molecule has 2 bridgehead atoms. The van der Waals surface area contributed by atoms with Gasteiger partial charge < -0.3 is 20.1 Å². The number of carbonyl (C=O) groups is 2. The number of hydrogen-bond acceptors (Lipinski definition) is 3. The van der Waals surface area contributed by atoms with E-state index in [1.54, 1.807) is 4.90 Å². The standard InChI is InChI=1S/C12H20N2O4/c1-18-5-4-10(11(15)16)13-12(17)14-7-8-2-3-9(14)6-8/h8-10H,2-7H2,1H3,(H,13,17)(H,15,16). The van der Waals surface area contributed by atoms with Crippen molar-refractivity contribution in [3.8, 4) is 0 Å². The fourth-order valence-corrected chi connectivity index (χ4v) is 2.90. The van der Waals surface area contributed by atoms with Crippen molar-refractivity contribution in [1.82, 2.24) is 10.2 Å². The third-order valence-corrected chi connectivity index (χ3v) is 3.88. The Morgan fingerprint density at radius 3 is 2.78 bits per heavy atom. The Morgan fingerprint density at radius 1 is 1.50 bits per heavy atom. The number of carboxylic acids is 1. The average Bonchev–Trinajstić information content (AvgIpc) is 2.95. The van der Waals surface area contributed by atoms with Crippen molar-refractivity contribution in [2.24, 2.45) is 5.92 Å². The van der Waals surface area contributed by atoms with Gasteiger partial charge in [0.2, 0.25) is 0 Å². The van der Waals surface area contributed by atoms with Gasteiger partial charge >= 0.3 is 12.0 Å². The Labute approximate surface area is 106 Å². The molecule has 1 aliphatic heterocycles. The SMILES string of the molecule is COCCC(NC(=O)N1CC2CCC1C2)C(=O)O. The van der Waals surface area contributed by atoms with Gasteiger partial charge in [-0.05, 0) is 25.2 Å². The number of piperidine rings is 1. The molecule has 0 aromatic carbocycles. The lowest BCUT2D eigenvalue weighted by molar-refractivity contribution is -0.139. The van der Waals surface area contributed by atoms with E-state index in [0.717, 1.165) is 19.4 Å². The normalized spacial score (nSPS) is 27.3. The van der Waals surface area contributed by atoms with E-state index in [4.69, 9.17) is 9.84 Å². The second-order valence-corrected chi connectivity index (χ2v) is 5.11. The van der Waals surface area contributed by atoms with Crippen molar-refractivity contribution in [3.05, 3.63) is 0 Å². The van der Waals surface area contributed by atoms with E-state index in [2.05, 4.69) is 5.32 Å². The zero-order valence-electron chi connectivity index (χ0n) is 10.6. The number of urea groups is 1. The summed E-state index contributed by atoms with van der Waals surface area (Å²) in [6, 6.07) is -0.797. The number of rotatable bonds is 5. The summed E-state index contributed by atoms with van der Waals surface area (Å²) < 4.78 is 4.85. The second-order valence-electron chi connectivity index (χ2n) is 5.11. The van der Waals surface area contributed by atoms with E-state index < -0.39 is 12.0 Å². The van der Waals surface area contributed by atoms with Gasteiger partial charge in [-0.2, -0.15) is 0 Å². The van der Waals surface area contributed by atoms with Gasteiger partial charge in [-0.25, -0.2) is 9.59 Å². The van der Waals surface area contributed by atoms with Crippen LogP contribution in [-0.4, -0.2) is 54.4 Å². The lowest BCUT2D eigenvalue weighted by atomic mass is 10.1. The van der Waals surface area contributed by atoms with Gasteiger partial charge in [-0.3, -0.25) is 0 Å². The highest BCUT2D eigenvalue weighted by atomic mass is 16.5. The van der Waals surface area contributed by atoms with Gasteiger partial charge in [0.05, 0.1) is 0 Å². The minimum absolute atomic E-state index is 0.245. The number of nitrogens with zero attached hydrogens (tertiary/aromatic N) is 1. The van der Waals surface area contributed by atoms with E-state index in [-0.39, 0.29) is 6.03 Å². The van der Waals surface area contributed by atoms with Crippen molar-refractivity contribution in [2.75, 3.05) is 20.3 Å². The Bertz CT molecular complexity index is 334. The zero-order chi connectivity index (χ0) is 13.1. The van der Waals surface area contributed by atoms with Crippen LogP contribution in [0, 0.1) is 5.92 Å². The number of ether oxygens (including phenoxy) is 1. The molecule has 2 rings (SSSR count). The Balaban J connectivity index is 1.86. The van der Waals surface area contributed by atoms with E-state index in [9.17, 15) is 9.59 Å². The van der Waals surface area contributed by atoms with Crippen LogP contribution < -0.4 is 5.32 Å². The molecule has 6 heteroatoms. The monoisotopic (exact) mass is 256 g/mol. The number of likely N-dealkylation sites (tertiary alicyclic amines) is 1. The lowest BCUT2D eigenvalue weighted by Gasteiger charge is -2.28. The Kier molecular flexibility index (Phi) is 4.06. The first-order valence-electron chi connectivity index (χ1n) is 6.40. The number of carboxylic acid groups (broad SMARTS) is 1. The lowest BCUT2D eigenvalue weighted by Crippen LogP contribution is -2.50. The van der Waals surface area contributed by atoms with Crippen LogP contribution in [0.2, 0.25) is 0 Å². The predicted molar refractivity (Wildman–Crippen MR) is 64.3 cm³/mol. The molecule has 3 unspecified atom stereocenters. The van der Waals surface area contributed by atoms with Crippen molar-refractivity contribution in [2.45, 2.75) is 37.8 Å². The molecule has 0 aromatic heterocycles. The van der Waals surface area contributed by atoms with Gasteiger partial charge in [0.15, 0.2) is 0 Å². The van der Waals surface area contributed by atoms with Gasteiger partial charge in [0.1, 0.15) is 6.04 Å². The molecule has 102 valence electrons. The number of aliphatic carboxylic acids is 1. The molecule has 2 aliphatic rings. The molecule has 2 N–H and O–H groups in total. The summed E-state index contributed by atoms with van der Waals surface area (Å²) in [6.07, 6.45) is 3.61. The van der Waals surface area contributed by atoms with Crippen LogP contribution >= 0.6 is 0 Å². The molecule has 1 heterocycles. The number of nitrogens with one attached hydrogen (secondary N) is 1. The molecular weight excluding hydrogens is 236 g/mol. The van der Waals surface area contributed by atoms with Crippen molar-refractivity contribution < 1.29 is 19.4 Å². The maximum atomic E-state index is 12.0. The topological polar surface area (TPSA) is 78.9 Å². The van der Waals surface area contributed by atoms with Crippen LogP contribution in [-0.2, 0) is 9.53 Å². The summed E-state index contributed by atoms with van der Waals surface area (Å²) in [5.74, 6) is -0.396. The number of methoxy groups -OCH3 is 1. The highest BCUT2D eigenvalue weighted by Crippen LogP contribution is 2.37. The molecule has 1 saturated heterocycles. The van der Waals surface area contributed by atoms with Crippen LogP contribution in [0.25, 0.3) is 0 Å². The average molecular weight is 256 g/mol. The molecule has 0 radical (unpaired) electrons. The number of amides is 2. The first-order valence-corrected chi connectivity index (χ1v) is 6.40. The van der Waals surface area contributed by atoms with E-state index in [1.165, 1.54) is 13.5 Å². The first kappa shape index (κ1) is 13.1. The molecule has 2 amide bonds. The summed E-state index contributed by atoms with van der Waals surface area (Å²) in [4.78, 5) is 24.8. The largest absolute Gasteiger partial charge is 0.480 e. The van der Waals surface area contributed by atoms with Crippen molar-refractivity contribution >= 4 is 12.0 Å². The number of hydrogen-bond donors (Lipinski definition) is 2. The van der Waals surface area contributed by atoms with Crippen LogP contribution in [0.5, 0.6) is 0 Å². The van der Waals surface area contributed by atoms with Crippen LogP contribution in [0.4, 0.5) is 4.79 Å². The molecule has 6 nitrogen and oxygen atoms in total. The maximum Gasteiger partial charge on any atom is 0.326 e. The van der Waals surface area contributed by atoms with Crippen molar-refractivity contribution in [3.63, 3.8) is 0 Å². The minimum atomic E-state index is -1.01.